The van der Waals surface area contributed by atoms with E-state index >= 15 is 0 Å². The number of hydrogen-bond donors (Lipinski definition) is 1. The molecular formula is C14H11N3OS. The summed E-state index contributed by atoms with van der Waals surface area (Å²) in [6, 6.07) is 11.4. The zero-order chi connectivity index (χ0) is 13.1. The van der Waals surface area contributed by atoms with Gasteiger partial charge in [0.05, 0.1) is 12.1 Å². The first-order valence-electron chi connectivity index (χ1n) is 5.85. The van der Waals surface area contributed by atoms with Crippen molar-refractivity contribution in [3.8, 4) is 0 Å². The van der Waals surface area contributed by atoms with Gasteiger partial charge in [-0.05, 0) is 12.1 Å². The molecule has 0 unspecified atom stereocenters. The molecule has 3 rings (SSSR count). The van der Waals surface area contributed by atoms with E-state index in [-0.39, 0.29) is 5.91 Å². The first-order chi connectivity index (χ1) is 9.33. The van der Waals surface area contributed by atoms with E-state index in [1.165, 1.54) is 11.3 Å². The maximum Gasteiger partial charge on any atom is 0.270 e. The topological polar surface area (TPSA) is 54.9 Å². The average molecular weight is 269 g/mol. The largest absolute Gasteiger partial charge is 0.344 e. The molecule has 0 radical (unpaired) electrons. The number of rotatable bonds is 3. The van der Waals surface area contributed by atoms with E-state index in [4.69, 9.17) is 0 Å². The van der Waals surface area contributed by atoms with Gasteiger partial charge in [-0.25, -0.2) is 9.97 Å². The van der Waals surface area contributed by atoms with Crippen molar-refractivity contribution in [1.82, 2.24) is 15.3 Å². The molecule has 0 aliphatic heterocycles. The Kier molecular flexibility index (Phi) is 3.20. The molecule has 5 heteroatoms. The molecule has 94 valence electrons. The first-order valence-corrected chi connectivity index (χ1v) is 6.73. The molecule has 0 aliphatic rings. The highest BCUT2D eigenvalue weighted by Gasteiger charge is 2.08. The van der Waals surface area contributed by atoms with Crippen LogP contribution in [0.5, 0.6) is 0 Å². The number of nitrogens with one attached hydrogen (secondary N) is 1. The third kappa shape index (κ3) is 2.61. The second kappa shape index (κ2) is 5.16. The summed E-state index contributed by atoms with van der Waals surface area (Å²) in [5.74, 6) is -0.180. The molecule has 19 heavy (non-hydrogen) atoms. The van der Waals surface area contributed by atoms with Gasteiger partial charge in [-0.2, -0.15) is 0 Å². The van der Waals surface area contributed by atoms with Gasteiger partial charge in [0, 0.05) is 17.0 Å². The van der Waals surface area contributed by atoms with E-state index in [1.54, 1.807) is 12.3 Å². The standard InChI is InChI=1S/C14H11N3OS/c18-14(16-9-13-15-7-8-19-13)12-6-5-10-3-1-2-4-11(10)17-12/h1-8H,9H2,(H,16,18). The van der Waals surface area contributed by atoms with Crippen molar-refractivity contribution in [2.24, 2.45) is 0 Å². The van der Waals surface area contributed by atoms with Crippen LogP contribution in [-0.2, 0) is 6.54 Å². The van der Waals surface area contributed by atoms with Crippen molar-refractivity contribution in [3.05, 3.63) is 58.7 Å². The van der Waals surface area contributed by atoms with Crippen LogP contribution in [0.4, 0.5) is 0 Å². The van der Waals surface area contributed by atoms with Crippen molar-refractivity contribution < 1.29 is 4.79 Å². The molecule has 1 N–H and O–H groups in total. The SMILES string of the molecule is O=C(NCc1nccs1)c1ccc2ccccc2n1. The van der Waals surface area contributed by atoms with Crippen LogP contribution >= 0.6 is 11.3 Å². The number of thiazole rings is 1. The second-order valence-corrected chi connectivity index (χ2v) is 4.98. The molecule has 0 aliphatic carbocycles. The fourth-order valence-corrected chi connectivity index (χ4v) is 2.34. The average Bonchev–Trinajstić information content (AvgIpc) is 2.97. The lowest BCUT2D eigenvalue weighted by atomic mass is 10.2. The fourth-order valence-electron chi connectivity index (χ4n) is 1.78. The Morgan fingerprint density at radius 3 is 2.95 bits per heavy atom. The molecule has 1 amide bonds. The van der Waals surface area contributed by atoms with Gasteiger partial charge < -0.3 is 5.32 Å². The lowest BCUT2D eigenvalue weighted by Crippen LogP contribution is -2.23. The number of nitrogens with zero attached hydrogens (tertiary/aromatic N) is 2. The second-order valence-electron chi connectivity index (χ2n) is 4.00. The summed E-state index contributed by atoms with van der Waals surface area (Å²) in [7, 11) is 0. The molecule has 0 atom stereocenters. The zero-order valence-electron chi connectivity index (χ0n) is 10.0. The van der Waals surface area contributed by atoms with Crippen LogP contribution in [-0.4, -0.2) is 15.9 Å². The van der Waals surface area contributed by atoms with Crippen LogP contribution in [0.15, 0.2) is 48.0 Å². The monoisotopic (exact) mass is 269 g/mol. The molecule has 4 nitrogen and oxygen atoms in total. The number of carbonyl (C=O) groups excluding carboxylic acids is 1. The summed E-state index contributed by atoms with van der Waals surface area (Å²) in [5, 5.41) is 6.61. The maximum absolute atomic E-state index is 12.0. The van der Waals surface area contributed by atoms with Crippen LogP contribution in [0.2, 0.25) is 0 Å². The quantitative estimate of drug-likeness (QED) is 0.795. The molecule has 3 aromatic rings. The highest BCUT2D eigenvalue weighted by atomic mass is 32.1. The summed E-state index contributed by atoms with van der Waals surface area (Å²) >= 11 is 1.52. The summed E-state index contributed by atoms with van der Waals surface area (Å²) < 4.78 is 0. The Morgan fingerprint density at radius 1 is 1.21 bits per heavy atom. The van der Waals surface area contributed by atoms with E-state index in [0.717, 1.165) is 15.9 Å². The minimum atomic E-state index is -0.180. The Labute approximate surface area is 114 Å². The Hall–Kier alpha value is -2.27. The molecule has 0 fully saturated rings. The fraction of sp³-hybridized carbons (Fsp3) is 0.0714. The highest BCUT2D eigenvalue weighted by Crippen LogP contribution is 2.12. The van der Waals surface area contributed by atoms with Crippen molar-refractivity contribution in [1.29, 1.82) is 0 Å². The molecule has 0 bridgehead atoms. The van der Waals surface area contributed by atoms with Crippen LogP contribution < -0.4 is 5.32 Å². The molecule has 2 heterocycles. The third-order valence-electron chi connectivity index (χ3n) is 2.71. The molecule has 0 saturated heterocycles. The van der Waals surface area contributed by atoms with Gasteiger partial charge in [0.1, 0.15) is 10.7 Å². The predicted octanol–water partition coefficient (Wildman–Crippen LogP) is 2.62. The number of amides is 1. The van der Waals surface area contributed by atoms with Gasteiger partial charge in [0.25, 0.3) is 5.91 Å². The Morgan fingerprint density at radius 2 is 2.11 bits per heavy atom. The van der Waals surface area contributed by atoms with Gasteiger partial charge in [0.15, 0.2) is 0 Å². The van der Waals surface area contributed by atoms with Crippen LogP contribution in [0.3, 0.4) is 0 Å². The zero-order valence-corrected chi connectivity index (χ0v) is 10.9. The summed E-state index contributed by atoms with van der Waals surface area (Å²) in [4.78, 5) is 20.4. The molecule has 0 saturated carbocycles. The highest BCUT2D eigenvalue weighted by molar-refractivity contribution is 7.09. The maximum atomic E-state index is 12.0. The normalized spacial score (nSPS) is 10.5. The van der Waals surface area contributed by atoms with Crippen LogP contribution in [0.25, 0.3) is 10.9 Å². The number of para-hydroxylation sites is 1. The van der Waals surface area contributed by atoms with E-state index in [1.807, 2.05) is 35.7 Å². The number of hydrogen-bond acceptors (Lipinski definition) is 4. The van der Waals surface area contributed by atoms with Crippen molar-refractivity contribution in [3.63, 3.8) is 0 Å². The minimum absolute atomic E-state index is 0.180. The lowest BCUT2D eigenvalue weighted by Gasteiger charge is -2.04. The molecular weight excluding hydrogens is 258 g/mol. The molecule has 2 aromatic heterocycles. The third-order valence-corrected chi connectivity index (χ3v) is 3.49. The number of fused-ring (bicyclic) bond motifs is 1. The van der Waals surface area contributed by atoms with Gasteiger partial charge in [-0.3, -0.25) is 4.79 Å². The van der Waals surface area contributed by atoms with Crippen LogP contribution in [0, 0.1) is 0 Å². The number of carbonyl (C=O) groups is 1. The molecule has 1 aromatic carbocycles. The Balaban J connectivity index is 1.77. The van der Waals surface area contributed by atoms with E-state index in [9.17, 15) is 4.79 Å². The number of aromatic nitrogens is 2. The summed E-state index contributed by atoms with van der Waals surface area (Å²) in [6.07, 6.45) is 1.72. The number of benzene rings is 1. The van der Waals surface area contributed by atoms with Gasteiger partial charge in [0.2, 0.25) is 0 Å². The van der Waals surface area contributed by atoms with Gasteiger partial charge >= 0.3 is 0 Å². The lowest BCUT2D eigenvalue weighted by molar-refractivity contribution is 0.0946. The first kappa shape index (κ1) is 11.8. The van der Waals surface area contributed by atoms with Crippen molar-refractivity contribution in [2.45, 2.75) is 6.54 Å². The summed E-state index contributed by atoms with van der Waals surface area (Å²) in [5.41, 5.74) is 1.25. The minimum Gasteiger partial charge on any atom is -0.344 e. The Bertz CT molecular complexity index is 710. The van der Waals surface area contributed by atoms with Crippen molar-refractivity contribution >= 4 is 28.1 Å². The van der Waals surface area contributed by atoms with Crippen LogP contribution in [0.1, 0.15) is 15.5 Å². The number of pyridine rings is 1. The van der Waals surface area contributed by atoms with E-state index < -0.39 is 0 Å². The predicted molar refractivity (Wildman–Crippen MR) is 75.0 cm³/mol. The molecule has 0 spiro atoms. The van der Waals surface area contributed by atoms with Gasteiger partial charge in [-0.1, -0.05) is 24.3 Å². The summed E-state index contributed by atoms with van der Waals surface area (Å²) in [6.45, 7) is 0.436. The van der Waals surface area contributed by atoms with E-state index in [0.29, 0.717) is 12.2 Å². The van der Waals surface area contributed by atoms with Crippen molar-refractivity contribution in [2.75, 3.05) is 0 Å². The smallest absolute Gasteiger partial charge is 0.270 e. The van der Waals surface area contributed by atoms with Gasteiger partial charge in [-0.15, -0.1) is 11.3 Å². The van der Waals surface area contributed by atoms with E-state index in [2.05, 4.69) is 15.3 Å².